The number of esters is 1. The number of nitrogens with one attached hydrogen (secondary N) is 1. The number of carbonyl (C=O) groups excluding carboxylic acids is 2. The maximum Gasteiger partial charge on any atom is 0.337 e. The van der Waals surface area contributed by atoms with Crippen LogP contribution in [0.15, 0.2) is 66.2 Å². The van der Waals surface area contributed by atoms with E-state index in [2.05, 4.69) is 5.32 Å². The monoisotopic (exact) mass is 483 g/mol. The number of hydrogen-bond acceptors (Lipinski definition) is 8. The van der Waals surface area contributed by atoms with Crippen LogP contribution in [-0.2, 0) is 35.0 Å². The zero-order chi connectivity index (χ0) is 24.9. The van der Waals surface area contributed by atoms with E-state index in [9.17, 15) is 19.8 Å². The van der Waals surface area contributed by atoms with Crippen LogP contribution in [0.3, 0.4) is 0 Å². The van der Waals surface area contributed by atoms with Crippen molar-refractivity contribution < 1.29 is 38.7 Å². The molecule has 1 fully saturated rings. The maximum absolute atomic E-state index is 13.0. The molecule has 3 N–H and O–H groups in total. The van der Waals surface area contributed by atoms with Gasteiger partial charge in [-0.05, 0) is 11.1 Å². The van der Waals surface area contributed by atoms with E-state index in [0.717, 1.165) is 11.1 Å². The first kappa shape index (κ1) is 25.0. The Morgan fingerprint density at radius 1 is 1.03 bits per heavy atom. The molecule has 0 unspecified atom stereocenters. The molecule has 1 saturated heterocycles. The summed E-state index contributed by atoms with van der Waals surface area (Å²) < 4.78 is 22.7. The number of hydrogen-bond donors (Lipinski definition) is 3. The summed E-state index contributed by atoms with van der Waals surface area (Å²) in [6.07, 6.45) is -5.70. The van der Waals surface area contributed by atoms with Crippen molar-refractivity contribution in [3.05, 3.63) is 77.4 Å². The van der Waals surface area contributed by atoms with Crippen LogP contribution < -0.4 is 5.32 Å². The van der Waals surface area contributed by atoms with Gasteiger partial charge in [0.15, 0.2) is 6.29 Å². The average Bonchev–Trinajstić information content (AvgIpc) is 3.15. The van der Waals surface area contributed by atoms with Gasteiger partial charge in [0.05, 0.1) is 12.2 Å². The minimum Gasteiger partial charge on any atom is -0.428 e. The van der Waals surface area contributed by atoms with Crippen LogP contribution in [0.5, 0.6) is 0 Å². The second-order valence-corrected chi connectivity index (χ2v) is 8.50. The first-order valence-electron chi connectivity index (χ1n) is 11.4. The largest absolute Gasteiger partial charge is 0.428 e. The lowest BCUT2D eigenvalue weighted by molar-refractivity contribution is -0.297. The average molecular weight is 484 g/mol. The Bertz CT molecular complexity index is 1060. The Labute approximate surface area is 203 Å². The van der Waals surface area contributed by atoms with Crippen LogP contribution in [0.2, 0.25) is 0 Å². The molecule has 0 aliphatic carbocycles. The minimum atomic E-state index is -1.40. The molecule has 2 aliphatic heterocycles. The molecular formula is C26H29NO8. The number of rotatable bonds is 8. The van der Waals surface area contributed by atoms with Crippen molar-refractivity contribution in [3.63, 3.8) is 0 Å². The van der Waals surface area contributed by atoms with Gasteiger partial charge in [0.25, 0.3) is 0 Å². The third-order valence-electron chi connectivity index (χ3n) is 5.99. The summed E-state index contributed by atoms with van der Waals surface area (Å²) in [6.45, 7) is 1.26. The smallest absolute Gasteiger partial charge is 0.337 e. The van der Waals surface area contributed by atoms with Gasteiger partial charge in [0.1, 0.15) is 24.4 Å². The highest BCUT2D eigenvalue weighted by Gasteiger charge is 2.48. The molecule has 6 atom stereocenters. The van der Waals surface area contributed by atoms with Crippen LogP contribution in [-0.4, -0.2) is 72.7 Å². The number of ether oxygens (including phenoxy) is 4. The molecular weight excluding hydrogens is 454 g/mol. The third kappa shape index (κ3) is 5.61. The normalized spacial score (nSPS) is 28.6. The Morgan fingerprint density at radius 2 is 1.69 bits per heavy atom. The second kappa shape index (κ2) is 11.1. The van der Waals surface area contributed by atoms with E-state index in [-0.39, 0.29) is 6.61 Å². The lowest BCUT2D eigenvalue weighted by Crippen LogP contribution is -2.65. The first-order chi connectivity index (χ1) is 16.9. The molecule has 0 bridgehead atoms. The molecule has 2 aromatic rings. The van der Waals surface area contributed by atoms with Gasteiger partial charge in [-0.25, -0.2) is 4.79 Å². The van der Waals surface area contributed by atoms with Crippen LogP contribution in [0, 0.1) is 0 Å². The van der Waals surface area contributed by atoms with Gasteiger partial charge in [-0.3, -0.25) is 4.79 Å². The molecule has 186 valence electrons. The minimum absolute atomic E-state index is 0.0179. The standard InChI is InChI=1S/C26H29NO8/c1-15(28)27-21-23(30)22(29)19(14-32-2)33-26(21)35-25-20(17-11-7-4-8-12-17)18(24(31)34-25)13-16-9-5-3-6-10-16/h3-12,19,21-23,25-26,29-30H,13-14H2,1-2H3,(H,27,28)/t19-,21-,22+,23+,25-,26+/m0/s1. The zero-order valence-electron chi connectivity index (χ0n) is 19.5. The summed E-state index contributed by atoms with van der Waals surface area (Å²) in [5, 5.41) is 23.7. The van der Waals surface area contributed by atoms with E-state index in [1.165, 1.54) is 14.0 Å². The van der Waals surface area contributed by atoms with Crippen molar-refractivity contribution in [2.75, 3.05) is 13.7 Å². The molecule has 35 heavy (non-hydrogen) atoms. The number of aliphatic hydroxyl groups excluding tert-OH is 2. The molecule has 0 radical (unpaired) electrons. The fraction of sp³-hybridized carbons (Fsp3) is 0.385. The summed E-state index contributed by atoms with van der Waals surface area (Å²) in [7, 11) is 1.43. The molecule has 2 heterocycles. The molecule has 2 aromatic carbocycles. The summed E-state index contributed by atoms with van der Waals surface area (Å²) in [4.78, 5) is 24.8. The Balaban J connectivity index is 1.68. The highest BCUT2D eigenvalue weighted by Crippen LogP contribution is 2.36. The van der Waals surface area contributed by atoms with Gasteiger partial charge in [0.2, 0.25) is 12.2 Å². The number of aliphatic hydroxyl groups is 2. The van der Waals surface area contributed by atoms with Crippen LogP contribution in [0.25, 0.3) is 5.57 Å². The number of methoxy groups -OCH3 is 1. The molecule has 0 spiro atoms. The topological polar surface area (TPSA) is 124 Å². The summed E-state index contributed by atoms with van der Waals surface area (Å²) in [5.41, 5.74) is 2.63. The van der Waals surface area contributed by atoms with Gasteiger partial charge in [-0.15, -0.1) is 0 Å². The Hall–Kier alpha value is -3.08. The van der Waals surface area contributed by atoms with E-state index in [1.807, 2.05) is 60.7 Å². The van der Waals surface area contributed by atoms with Crippen LogP contribution in [0.4, 0.5) is 0 Å². The lowest BCUT2D eigenvalue weighted by Gasteiger charge is -2.43. The van der Waals surface area contributed by atoms with Crippen molar-refractivity contribution in [2.45, 2.75) is 50.3 Å². The van der Waals surface area contributed by atoms with Crippen molar-refractivity contribution in [1.29, 1.82) is 0 Å². The number of amides is 1. The number of cyclic esters (lactones) is 1. The predicted octanol–water partition coefficient (Wildman–Crippen LogP) is 1.18. The van der Waals surface area contributed by atoms with Gasteiger partial charge in [-0.2, -0.15) is 0 Å². The molecule has 2 aliphatic rings. The predicted molar refractivity (Wildman–Crippen MR) is 125 cm³/mol. The van der Waals surface area contributed by atoms with E-state index >= 15 is 0 Å². The second-order valence-electron chi connectivity index (χ2n) is 8.50. The Kier molecular flexibility index (Phi) is 7.94. The van der Waals surface area contributed by atoms with Gasteiger partial charge in [-0.1, -0.05) is 60.7 Å². The van der Waals surface area contributed by atoms with Crippen molar-refractivity contribution in [3.8, 4) is 0 Å². The van der Waals surface area contributed by atoms with Gasteiger partial charge >= 0.3 is 5.97 Å². The highest BCUT2D eigenvalue weighted by molar-refractivity contribution is 6.02. The van der Waals surface area contributed by atoms with Gasteiger partial charge in [0, 0.05) is 26.0 Å². The quantitative estimate of drug-likeness (QED) is 0.479. The third-order valence-corrected chi connectivity index (χ3v) is 5.99. The summed E-state index contributed by atoms with van der Waals surface area (Å²) >= 11 is 0. The summed E-state index contributed by atoms with van der Waals surface area (Å²) in [5.74, 6) is -0.978. The van der Waals surface area contributed by atoms with Crippen molar-refractivity contribution >= 4 is 17.4 Å². The zero-order valence-corrected chi connectivity index (χ0v) is 19.5. The molecule has 0 saturated carbocycles. The molecule has 9 nitrogen and oxygen atoms in total. The first-order valence-corrected chi connectivity index (χ1v) is 11.4. The number of carbonyl (C=O) groups is 2. The van der Waals surface area contributed by atoms with Gasteiger partial charge < -0.3 is 34.5 Å². The van der Waals surface area contributed by atoms with E-state index < -0.39 is 48.8 Å². The number of benzene rings is 2. The van der Waals surface area contributed by atoms with Crippen LogP contribution in [0.1, 0.15) is 18.1 Å². The Morgan fingerprint density at radius 3 is 2.31 bits per heavy atom. The van der Waals surface area contributed by atoms with E-state index in [1.54, 1.807) is 0 Å². The highest BCUT2D eigenvalue weighted by atomic mass is 16.8. The molecule has 4 rings (SSSR count). The maximum atomic E-state index is 13.0. The fourth-order valence-corrected chi connectivity index (χ4v) is 4.33. The van der Waals surface area contributed by atoms with Crippen LogP contribution >= 0.6 is 0 Å². The molecule has 0 aromatic heterocycles. The lowest BCUT2D eigenvalue weighted by atomic mass is 9.95. The molecule has 1 amide bonds. The van der Waals surface area contributed by atoms with Crippen molar-refractivity contribution in [2.24, 2.45) is 0 Å². The van der Waals surface area contributed by atoms with E-state index in [0.29, 0.717) is 17.6 Å². The molecule has 9 heteroatoms. The SMILES string of the molecule is COC[C@@H]1O[C@H](O[C@@H]2OC(=O)C(Cc3ccccc3)=C2c2ccccc2)[C@@H](NC(C)=O)[C@@H](O)[C@@H]1O. The fourth-order valence-electron chi connectivity index (χ4n) is 4.33. The van der Waals surface area contributed by atoms with Crippen molar-refractivity contribution in [1.82, 2.24) is 5.32 Å². The summed E-state index contributed by atoms with van der Waals surface area (Å²) in [6, 6.07) is 17.6. The van der Waals surface area contributed by atoms with E-state index in [4.69, 9.17) is 18.9 Å².